The summed E-state index contributed by atoms with van der Waals surface area (Å²) >= 11 is 0. The third kappa shape index (κ3) is 7.78. The van der Waals surface area contributed by atoms with E-state index in [4.69, 9.17) is 14.2 Å². The van der Waals surface area contributed by atoms with Gasteiger partial charge in [0.15, 0.2) is 11.5 Å². The van der Waals surface area contributed by atoms with Crippen LogP contribution in [0.5, 0.6) is 23.0 Å². The number of carbonyl (C=O) groups is 4. The van der Waals surface area contributed by atoms with Crippen molar-refractivity contribution in [1.82, 2.24) is 16.0 Å². The summed E-state index contributed by atoms with van der Waals surface area (Å²) in [6.45, 7) is 1.30. The molecule has 0 aromatic heterocycles. The van der Waals surface area contributed by atoms with E-state index in [0.29, 0.717) is 17.1 Å². The number of phenols is 1. The molecule has 3 aromatic rings. The Labute approximate surface area is 243 Å². The zero-order chi connectivity index (χ0) is 30.2. The Kier molecular flexibility index (Phi) is 9.64. The third-order valence-corrected chi connectivity index (χ3v) is 6.78. The lowest BCUT2D eigenvalue weighted by Crippen LogP contribution is -2.57. The minimum atomic E-state index is -1.11. The number of fused-ring (bicyclic) bond motifs is 10. The number of esters is 1. The van der Waals surface area contributed by atoms with Crippen LogP contribution in [-0.2, 0) is 43.2 Å². The maximum atomic E-state index is 13.7. The number of hydrogen-bond donors (Lipinski definition) is 4. The van der Waals surface area contributed by atoms with Gasteiger partial charge in [0.05, 0.1) is 14.2 Å². The fourth-order valence-electron chi connectivity index (χ4n) is 4.60. The summed E-state index contributed by atoms with van der Waals surface area (Å²) in [6.07, 6.45) is 0.244. The predicted octanol–water partition coefficient (Wildman–Crippen LogP) is 2.18. The lowest BCUT2D eigenvalue weighted by molar-refractivity contribution is -0.145. The Morgan fingerprint density at radius 1 is 0.929 bits per heavy atom. The van der Waals surface area contributed by atoms with Crippen molar-refractivity contribution in [3.8, 4) is 23.0 Å². The molecule has 3 aromatic carbocycles. The molecule has 4 bridgehead atoms. The number of amides is 3. The second kappa shape index (κ2) is 13.5. The maximum absolute atomic E-state index is 13.7. The Balaban J connectivity index is 1.74. The minimum Gasteiger partial charge on any atom is -0.504 e. The van der Waals surface area contributed by atoms with Crippen LogP contribution in [0.4, 0.5) is 0 Å². The Hall–Kier alpha value is -5.06. The van der Waals surface area contributed by atoms with E-state index in [9.17, 15) is 24.3 Å². The van der Waals surface area contributed by atoms with Crippen LogP contribution < -0.4 is 25.4 Å². The molecule has 11 nitrogen and oxygen atoms in total. The van der Waals surface area contributed by atoms with Crippen molar-refractivity contribution in [3.05, 3.63) is 83.4 Å². The van der Waals surface area contributed by atoms with E-state index in [-0.39, 0.29) is 30.8 Å². The van der Waals surface area contributed by atoms with Crippen LogP contribution in [0.1, 0.15) is 23.6 Å². The second-order valence-corrected chi connectivity index (χ2v) is 9.91. The van der Waals surface area contributed by atoms with Gasteiger partial charge in [-0.2, -0.15) is 0 Å². The van der Waals surface area contributed by atoms with Gasteiger partial charge in [0, 0.05) is 26.2 Å². The zero-order valence-electron chi connectivity index (χ0n) is 23.5. The van der Waals surface area contributed by atoms with Gasteiger partial charge in [0.1, 0.15) is 29.6 Å². The van der Waals surface area contributed by atoms with Gasteiger partial charge in [-0.1, -0.05) is 30.3 Å². The molecule has 3 amide bonds. The monoisotopic (exact) mass is 575 g/mol. The number of aromatic hydroxyl groups is 1. The molecule has 2 heterocycles. The van der Waals surface area contributed by atoms with Crippen molar-refractivity contribution in [2.24, 2.45) is 0 Å². The number of phenolic OH excluding ortho intramolecular Hbond substituents is 1. The molecule has 3 atom stereocenters. The van der Waals surface area contributed by atoms with Crippen LogP contribution in [0.25, 0.3) is 0 Å². The quantitative estimate of drug-likeness (QED) is 0.338. The number of benzene rings is 3. The molecule has 5 rings (SSSR count). The maximum Gasteiger partial charge on any atom is 0.328 e. The van der Waals surface area contributed by atoms with E-state index in [2.05, 4.69) is 16.0 Å². The average molecular weight is 576 g/mol. The van der Waals surface area contributed by atoms with Gasteiger partial charge in [-0.05, 0) is 53.1 Å². The van der Waals surface area contributed by atoms with E-state index in [0.717, 1.165) is 11.1 Å². The highest BCUT2D eigenvalue weighted by atomic mass is 16.5. The highest BCUT2D eigenvalue weighted by Gasteiger charge is 2.30. The van der Waals surface area contributed by atoms with Crippen molar-refractivity contribution in [1.29, 1.82) is 0 Å². The number of methoxy groups -OCH3 is 2. The third-order valence-electron chi connectivity index (χ3n) is 6.78. The van der Waals surface area contributed by atoms with E-state index in [1.54, 1.807) is 67.8 Å². The molecule has 2 aliphatic rings. The molecular formula is C31H33N3O8. The largest absolute Gasteiger partial charge is 0.504 e. The number of hydrogen-bond acceptors (Lipinski definition) is 8. The van der Waals surface area contributed by atoms with Crippen molar-refractivity contribution in [3.63, 3.8) is 0 Å². The molecule has 0 aliphatic carbocycles. The fourth-order valence-corrected chi connectivity index (χ4v) is 4.60. The molecule has 0 unspecified atom stereocenters. The first-order valence-corrected chi connectivity index (χ1v) is 13.3. The fraction of sp³-hybridized carbons (Fsp3) is 0.290. The van der Waals surface area contributed by atoms with Gasteiger partial charge in [0.25, 0.3) is 0 Å². The molecule has 0 radical (unpaired) electrons. The second-order valence-electron chi connectivity index (χ2n) is 9.91. The molecule has 0 saturated carbocycles. The Morgan fingerprint density at radius 2 is 1.62 bits per heavy atom. The average Bonchev–Trinajstić information content (AvgIpc) is 2.98. The van der Waals surface area contributed by atoms with Crippen molar-refractivity contribution in [2.75, 3.05) is 14.2 Å². The van der Waals surface area contributed by atoms with Crippen LogP contribution in [0, 0.1) is 0 Å². The highest BCUT2D eigenvalue weighted by Crippen LogP contribution is 2.32. The van der Waals surface area contributed by atoms with Crippen LogP contribution >= 0.6 is 0 Å². The molecule has 0 fully saturated rings. The SMILES string of the molecule is COC(=O)[C@@H]1Cc2ccc(O)c(c2)Oc2ccc(cc2)C[C@H](NC(C)=O)C(=O)N[C@@H](Cc2ccc(OC)cc2)C(=O)N1. The standard InChI is InChI=1S/C31H33N3O8/c1-18(35)32-24-14-20-6-11-23(12-7-20)42-28-17-21(8-13-27(28)36)16-26(31(39)41-3)34-30(38)25(33-29(24)37)15-19-4-9-22(40-2)10-5-19/h4-13,17,24-26,36H,14-16H2,1-3H3,(H,32,35)(H,33,37)(H,34,38)/t24-,25-,26-/m0/s1. The van der Waals surface area contributed by atoms with Gasteiger partial charge in [-0.15, -0.1) is 0 Å². The first-order valence-electron chi connectivity index (χ1n) is 13.3. The lowest BCUT2D eigenvalue weighted by Gasteiger charge is -2.25. The van der Waals surface area contributed by atoms with Crippen LogP contribution in [-0.4, -0.2) is 61.1 Å². The number of ether oxygens (including phenoxy) is 3. The molecular weight excluding hydrogens is 542 g/mol. The number of nitrogens with one attached hydrogen (secondary N) is 3. The number of carbonyl (C=O) groups excluding carboxylic acids is 4. The first kappa shape index (κ1) is 29.9. The van der Waals surface area contributed by atoms with E-state index < -0.39 is 41.8 Å². The molecule has 220 valence electrons. The summed E-state index contributed by atoms with van der Waals surface area (Å²) in [5.74, 6) is -1.22. The van der Waals surface area contributed by atoms with Crippen LogP contribution in [0.3, 0.4) is 0 Å². The summed E-state index contributed by atoms with van der Waals surface area (Å²) in [5, 5.41) is 18.5. The summed E-state index contributed by atoms with van der Waals surface area (Å²) in [5.41, 5.74) is 2.03. The Morgan fingerprint density at radius 3 is 2.26 bits per heavy atom. The molecule has 42 heavy (non-hydrogen) atoms. The van der Waals surface area contributed by atoms with Crippen molar-refractivity contribution >= 4 is 23.7 Å². The van der Waals surface area contributed by atoms with E-state index in [1.807, 2.05) is 0 Å². The normalized spacial score (nSPS) is 19.0. The van der Waals surface area contributed by atoms with Gasteiger partial charge in [-0.25, -0.2) is 4.79 Å². The van der Waals surface area contributed by atoms with Crippen molar-refractivity contribution < 1.29 is 38.5 Å². The van der Waals surface area contributed by atoms with Gasteiger partial charge < -0.3 is 35.3 Å². The van der Waals surface area contributed by atoms with Crippen LogP contribution in [0.2, 0.25) is 0 Å². The summed E-state index contributed by atoms with van der Waals surface area (Å²) in [7, 11) is 2.75. The topological polar surface area (TPSA) is 152 Å². The molecule has 0 saturated heterocycles. The predicted molar refractivity (Wildman–Crippen MR) is 152 cm³/mol. The van der Waals surface area contributed by atoms with Crippen molar-refractivity contribution in [2.45, 2.75) is 44.3 Å². The molecule has 0 spiro atoms. The van der Waals surface area contributed by atoms with E-state index in [1.165, 1.54) is 20.1 Å². The van der Waals surface area contributed by atoms with E-state index >= 15 is 0 Å². The molecule has 11 heteroatoms. The molecule has 4 N–H and O–H groups in total. The summed E-state index contributed by atoms with van der Waals surface area (Å²) in [6, 6.07) is 15.3. The Bertz CT molecular complexity index is 1440. The van der Waals surface area contributed by atoms with Gasteiger partial charge in [0.2, 0.25) is 17.7 Å². The minimum absolute atomic E-state index is 0.0196. The lowest BCUT2D eigenvalue weighted by atomic mass is 10.0. The van der Waals surface area contributed by atoms with Gasteiger partial charge >= 0.3 is 5.97 Å². The molecule has 2 aliphatic heterocycles. The summed E-state index contributed by atoms with van der Waals surface area (Å²) in [4.78, 5) is 51.9. The highest BCUT2D eigenvalue weighted by molar-refractivity contribution is 5.93. The zero-order valence-corrected chi connectivity index (χ0v) is 23.5. The smallest absolute Gasteiger partial charge is 0.328 e. The number of rotatable bonds is 5. The summed E-state index contributed by atoms with van der Waals surface area (Å²) < 4.78 is 16.0. The first-order chi connectivity index (χ1) is 20.1. The van der Waals surface area contributed by atoms with Gasteiger partial charge in [-0.3, -0.25) is 14.4 Å². The van der Waals surface area contributed by atoms with Crippen LogP contribution in [0.15, 0.2) is 66.7 Å².